The zero-order chi connectivity index (χ0) is 18.2. The largest absolute Gasteiger partial charge is 0.493 e. The Balaban J connectivity index is 2.29. The standard InChI is InChI=1S/C18H21NO5Si/c1-4-12-25(15-8-6-5-7-9-15)24-13-14-10-11-16(22-2)18(23-3)17(14)19(20)21/h4-11,25H,1,12-13H2,2-3H3. The van der Waals surface area contributed by atoms with Crippen LogP contribution in [0.4, 0.5) is 5.69 Å². The second-order valence-electron chi connectivity index (χ2n) is 5.30. The van der Waals surface area contributed by atoms with Crippen molar-refractivity contribution < 1.29 is 18.8 Å². The number of nitrogens with zero attached hydrogens (tertiary/aromatic N) is 1. The number of rotatable bonds is 9. The lowest BCUT2D eigenvalue weighted by Gasteiger charge is -2.16. The van der Waals surface area contributed by atoms with Gasteiger partial charge in [-0.2, -0.15) is 0 Å². The van der Waals surface area contributed by atoms with Crippen LogP contribution in [0.2, 0.25) is 6.04 Å². The Labute approximate surface area is 148 Å². The van der Waals surface area contributed by atoms with E-state index in [-0.39, 0.29) is 18.0 Å². The molecule has 25 heavy (non-hydrogen) atoms. The highest BCUT2D eigenvalue weighted by Gasteiger charge is 2.26. The molecule has 0 aromatic heterocycles. The molecule has 132 valence electrons. The highest BCUT2D eigenvalue weighted by molar-refractivity contribution is 6.67. The van der Waals surface area contributed by atoms with E-state index in [1.54, 1.807) is 12.1 Å². The molecular formula is C18H21NO5Si. The Morgan fingerprint density at radius 1 is 1.16 bits per heavy atom. The molecule has 0 saturated heterocycles. The van der Waals surface area contributed by atoms with Crippen molar-refractivity contribution in [1.82, 2.24) is 0 Å². The average molecular weight is 359 g/mol. The van der Waals surface area contributed by atoms with Crippen LogP contribution in [0, 0.1) is 10.1 Å². The molecule has 0 heterocycles. The molecule has 0 aliphatic rings. The summed E-state index contributed by atoms with van der Waals surface area (Å²) in [5.41, 5.74) is 0.335. The molecule has 0 amide bonds. The van der Waals surface area contributed by atoms with E-state index in [0.29, 0.717) is 11.3 Å². The highest BCUT2D eigenvalue weighted by atomic mass is 28.3. The minimum Gasteiger partial charge on any atom is -0.493 e. The zero-order valence-corrected chi connectivity index (χ0v) is 15.5. The molecular weight excluding hydrogens is 338 g/mol. The maximum absolute atomic E-state index is 11.5. The summed E-state index contributed by atoms with van der Waals surface area (Å²) in [7, 11) is 1.06. The van der Waals surface area contributed by atoms with Crippen LogP contribution in [0.1, 0.15) is 5.56 Å². The summed E-state index contributed by atoms with van der Waals surface area (Å²) < 4.78 is 16.4. The number of benzene rings is 2. The summed E-state index contributed by atoms with van der Waals surface area (Å²) in [6.07, 6.45) is 1.83. The smallest absolute Gasteiger partial charge is 0.320 e. The number of hydrogen-bond donors (Lipinski definition) is 0. The molecule has 2 aromatic rings. The fourth-order valence-electron chi connectivity index (χ4n) is 2.58. The SMILES string of the molecule is C=CC[SiH](OCc1ccc(OC)c(OC)c1[N+](=O)[O-])c1ccccc1. The molecule has 0 saturated carbocycles. The number of methoxy groups -OCH3 is 2. The molecule has 0 fully saturated rings. The third-order valence-electron chi connectivity index (χ3n) is 3.78. The predicted octanol–water partition coefficient (Wildman–Crippen LogP) is 2.95. The van der Waals surface area contributed by atoms with Gasteiger partial charge >= 0.3 is 5.69 Å². The summed E-state index contributed by atoms with van der Waals surface area (Å²) in [6, 6.07) is 13.9. The van der Waals surface area contributed by atoms with Gasteiger partial charge in [0.15, 0.2) is 5.75 Å². The van der Waals surface area contributed by atoms with Gasteiger partial charge in [0.05, 0.1) is 31.3 Å². The van der Waals surface area contributed by atoms with Gasteiger partial charge < -0.3 is 13.9 Å². The van der Waals surface area contributed by atoms with Crippen LogP contribution in [0.25, 0.3) is 0 Å². The Bertz CT molecular complexity index is 736. The minimum atomic E-state index is -1.77. The molecule has 0 radical (unpaired) electrons. The zero-order valence-electron chi connectivity index (χ0n) is 14.3. The normalized spacial score (nSPS) is 11.6. The van der Waals surface area contributed by atoms with Crippen LogP contribution in [-0.2, 0) is 11.0 Å². The van der Waals surface area contributed by atoms with Gasteiger partial charge in [0.1, 0.15) is 0 Å². The van der Waals surface area contributed by atoms with E-state index in [4.69, 9.17) is 13.9 Å². The van der Waals surface area contributed by atoms with Gasteiger partial charge in [-0.05, 0) is 23.4 Å². The Hall–Kier alpha value is -2.64. The first-order valence-corrected chi connectivity index (χ1v) is 9.64. The summed E-state index contributed by atoms with van der Waals surface area (Å²) in [5.74, 6) is 0.427. The van der Waals surface area contributed by atoms with E-state index >= 15 is 0 Å². The van der Waals surface area contributed by atoms with Crippen LogP contribution < -0.4 is 14.7 Å². The topological polar surface area (TPSA) is 70.8 Å². The van der Waals surface area contributed by atoms with Crippen LogP contribution in [0.5, 0.6) is 11.5 Å². The van der Waals surface area contributed by atoms with E-state index in [1.165, 1.54) is 14.2 Å². The van der Waals surface area contributed by atoms with Gasteiger partial charge in [-0.3, -0.25) is 10.1 Å². The monoisotopic (exact) mass is 359 g/mol. The number of nitro groups is 1. The summed E-state index contributed by atoms with van der Waals surface area (Å²) >= 11 is 0. The van der Waals surface area contributed by atoms with Crippen molar-refractivity contribution in [3.8, 4) is 11.5 Å². The molecule has 6 nitrogen and oxygen atoms in total. The molecule has 1 atom stereocenters. The quantitative estimate of drug-likeness (QED) is 0.298. The lowest BCUT2D eigenvalue weighted by Crippen LogP contribution is -2.32. The van der Waals surface area contributed by atoms with Crippen LogP contribution in [0.3, 0.4) is 0 Å². The summed E-state index contributed by atoms with van der Waals surface area (Å²) in [5, 5.41) is 12.6. The Morgan fingerprint density at radius 2 is 1.88 bits per heavy atom. The van der Waals surface area contributed by atoms with Crippen molar-refractivity contribution in [2.24, 2.45) is 0 Å². The number of allylic oxidation sites excluding steroid dienone is 1. The highest BCUT2D eigenvalue weighted by Crippen LogP contribution is 2.39. The fraction of sp³-hybridized carbons (Fsp3) is 0.222. The Morgan fingerprint density at radius 3 is 2.44 bits per heavy atom. The fourth-order valence-corrected chi connectivity index (χ4v) is 4.51. The Kier molecular flexibility index (Phi) is 6.73. The van der Waals surface area contributed by atoms with Crippen molar-refractivity contribution >= 4 is 19.9 Å². The molecule has 0 aliphatic heterocycles. The first-order chi connectivity index (χ1) is 12.1. The number of nitro benzene ring substituents is 1. The summed E-state index contributed by atoms with van der Waals surface area (Å²) in [4.78, 5) is 11.1. The molecule has 7 heteroatoms. The molecule has 0 spiro atoms. The lowest BCUT2D eigenvalue weighted by molar-refractivity contribution is -0.386. The molecule has 1 unspecified atom stereocenters. The van der Waals surface area contributed by atoms with Crippen LogP contribution >= 0.6 is 0 Å². The van der Waals surface area contributed by atoms with Gasteiger partial charge in [0.2, 0.25) is 14.8 Å². The number of hydrogen-bond acceptors (Lipinski definition) is 5. The molecule has 0 aliphatic carbocycles. The minimum absolute atomic E-state index is 0.107. The molecule has 0 bridgehead atoms. The molecule has 0 N–H and O–H groups in total. The first-order valence-electron chi connectivity index (χ1n) is 7.78. The third-order valence-corrected chi connectivity index (χ3v) is 6.24. The molecule has 2 aromatic carbocycles. The maximum Gasteiger partial charge on any atom is 0.320 e. The first kappa shape index (κ1) is 18.7. The van der Waals surface area contributed by atoms with Gasteiger partial charge in [0.25, 0.3) is 0 Å². The van der Waals surface area contributed by atoms with Crippen LogP contribution in [-0.4, -0.2) is 28.2 Å². The van der Waals surface area contributed by atoms with Gasteiger partial charge in [-0.25, -0.2) is 0 Å². The van der Waals surface area contributed by atoms with Crippen molar-refractivity contribution in [1.29, 1.82) is 0 Å². The van der Waals surface area contributed by atoms with Crippen molar-refractivity contribution in [3.05, 3.63) is 70.8 Å². The van der Waals surface area contributed by atoms with Crippen molar-refractivity contribution in [3.63, 3.8) is 0 Å². The lowest BCUT2D eigenvalue weighted by atomic mass is 10.1. The maximum atomic E-state index is 11.5. The van der Waals surface area contributed by atoms with Gasteiger partial charge in [0, 0.05) is 0 Å². The van der Waals surface area contributed by atoms with E-state index in [9.17, 15) is 10.1 Å². The third kappa shape index (κ3) is 4.46. The molecule has 2 rings (SSSR count). The van der Waals surface area contributed by atoms with E-state index in [1.807, 2.05) is 36.4 Å². The second kappa shape index (κ2) is 9.00. The number of ether oxygens (including phenoxy) is 2. The predicted molar refractivity (Wildman–Crippen MR) is 99.2 cm³/mol. The van der Waals surface area contributed by atoms with E-state index < -0.39 is 14.0 Å². The average Bonchev–Trinajstić information content (AvgIpc) is 2.64. The van der Waals surface area contributed by atoms with E-state index in [2.05, 4.69) is 6.58 Å². The van der Waals surface area contributed by atoms with Gasteiger partial charge in [-0.15, -0.1) is 6.58 Å². The second-order valence-corrected chi connectivity index (χ2v) is 7.75. The summed E-state index contributed by atoms with van der Waals surface area (Å²) in [6.45, 7) is 3.92. The van der Waals surface area contributed by atoms with Crippen molar-refractivity contribution in [2.75, 3.05) is 14.2 Å². The van der Waals surface area contributed by atoms with Crippen LogP contribution in [0.15, 0.2) is 55.1 Å². The van der Waals surface area contributed by atoms with E-state index in [0.717, 1.165) is 11.2 Å². The van der Waals surface area contributed by atoms with Crippen molar-refractivity contribution in [2.45, 2.75) is 12.7 Å². The van der Waals surface area contributed by atoms with Gasteiger partial charge in [-0.1, -0.05) is 36.4 Å².